The van der Waals surface area contributed by atoms with Crippen LogP contribution in [-0.2, 0) is 10.2 Å². The molecule has 0 saturated carbocycles. The van der Waals surface area contributed by atoms with Crippen molar-refractivity contribution in [3.63, 3.8) is 0 Å². The van der Waals surface area contributed by atoms with Crippen molar-refractivity contribution in [2.45, 2.75) is 0 Å². The van der Waals surface area contributed by atoms with Gasteiger partial charge in [-0.25, -0.2) is 24.5 Å². The molecule has 10 nitrogen and oxygen atoms in total. The lowest BCUT2D eigenvalue weighted by molar-refractivity contribution is 0.103. The van der Waals surface area contributed by atoms with Gasteiger partial charge in [-0.05, 0) is 18.2 Å². The third kappa shape index (κ3) is 3.76. The molecule has 0 bridgehead atoms. The molecule has 3 aromatic heterocycles. The van der Waals surface area contributed by atoms with E-state index >= 15 is 4.39 Å². The van der Waals surface area contributed by atoms with Gasteiger partial charge in [0.15, 0.2) is 11.6 Å². The largest absolute Gasteiger partial charge is 0.467 e. The number of hydrogen-bond donors (Lipinski definition) is 2. The predicted octanol–water partition coefficient (Wildman–Crippen LogP) is 2.04. The SMILES string of the molecule is COc1ncc(-c2cnc3[nH]cc(C(=O)c4cccc(N(C)S(N)(=O)=O)c4F)c3c2)cn1. The maximum atomic E-state index is 15.1. The van der Waals surface area contributed by atoms with Gasteiger partial charge in [0.25, 0.3) is 10.2 Å². The zero-order chi connectivity index (χ0) is 23.0. The zero-order valence-electron chi connectivity index (χ0n) is 16.9. The summed E-state index contributed by atoms with van der Waals surface area (Å²) < 4.78 is 43.8. The number of hydrogen-bond acceptors (Lipinski definition) is 7. The van der Waals surface area contributed by atoms with Gasteiger partial charge >= 0.3 is 6.01 Å². The summed E-state index contributed by atoms with van der Waals surface area (Å²) in [4.78, 5) is 28.5. The van der Waals surface area contributed by atoms with E-state index in [0.717, 1.165) is 7.05 Å². The summed E-state index contributed by atoms with van der Waals surface area (Å²) in [6, 6.07) is 5.77. The second kappa shape index (κ2) is 7.98. The van der Waals surface area contributed by atoms with E-state index in [-0.39, 0.29) is 22.8 Å². The summed E-state index contributed by atoms with van der Waals surface area (Å²) in [7, 11) is -1.65. The standard InChI is InChI=1S/C20H17FN6O4S/c1-27(32(22,29)30)16-5-3-4-13(17(16)21)18(28)15-10-24-19-14(15)6-11(7-23-19)12-8-25-20(31-2)26-9-12/h3-10H,1-2H3,(H,23,24)(H2,22,29,30). The number of fused-ring (bicyclic) bond motifs is 1. The molecule has 0 spiro atoms. The number of methoxy groups -OCH3 is 1. The van der Waals surface area contributed by atoms with Crippen molar-refractivity contribution in [1.29, 1.82) is 0 Å². The second-order valence-electron chi connectivity index (χ2n) is 6.76. The van der Waals surface area contributed by atoms with Gasteiger partial charge in [0, 0.05) is 53.9 Å². The van der Waals surface area contributed by atoms with Crippen LogP contribution in [0.4, 0.5) is 10.1 Å². The van der Waals surface area contributed by atoms with Gasteiger partial charge < -0.3 is 9.72 Å². The van der Waals surface area contributed by atoms with E-state index in [4.69, 9.17) is 9.88 Å². The Morgan fingerprint density at radius 2 is 1.81 bits per heavy atom. The molecule has 0 unspecified atom stereocenters. The number of nitrogens with zero attached hydrogens (tertiary/aromatic N) is 4. The third-order valence-corrected chi connectivity index (χ3v) is 5.82. The molecule has 4 rings (SSSR count). The smallest absolute Gasteiger partial charge is 0.316 e. The van der Waals surface area contributed by atoms with Crippen molar-refractivity contribution in [3.05, 3.63) is 66.0 Å². The van der Waals surface area contributed by atoms with Gasteiger partial charge in [-0.15, -0.1) is 0 Å². The molecule has 1 aromatic carbocycles. The maximum Gasteiger partial charge on any atom is 0.316 e. The number of rotatable bonds is 6. The normalized spacial score (nSPS) is 11.5. The van der Waals surface area contributed by atoms with E-state index in [9.17, 15) is 13.2 Å². The van der Waals surface area contributed by atoms with E-state index in [1.165, 1.54) is 31.5 Å². The lowest BCUT2D eigenvalue weighted by Crippen LogP contribution is -2.34. The Bertz CT molecular complexity index is 1440. The van der Waals surface area contributed by atoms with E-state index in [2.05, 4.69) is 19.9 Å². The maximum absolute atomic E-state index is 15.1. The van der Waals surface area contributed by atoms with Crippen LogP contribution in [0.25, 0.3) is 22.2 Å². The Morgan fingerprint density at radius 3 is 2.47 bits per heavy atom. The summed E-state index contributed by atoms with van der Waals surface area (Å²) in [5.41, 5.74) is 1.21. The van der Waals surface area contributed by atoms with Gasteiger partial charge in [-0.2, -0.15) is 8.42 Å². The Hall–Kier alpha value is -3.90. The summed E-state index contributed by atoms with van der Waals surface area (Å²) in [5.74, 6) is -1.65. The number of anilines is 1. The number of aromatic amines is 1. The summed E-state index contributed by atoms with van der Waals surface area (Å²) >= 11 is 0. The number of H-pyrrole nitrogens is 1. The molecule has 0 fully saturated rings. The first-order valence-electron chi connectivity index (χ1n) is 9.14. The van der Waals surface area contributed by atoms with Crippen LogP contribution in [0, 0.1) is 5.82 Å². The van der Waals surface area contributed by atoms with Crippen molar-refractivity contribution in [2.24, 2.45) is 5.14 Å². The Labute approximate surface area is 182 Å². The zero-order valence-corrected chi connectivity index (χ0v) is 17.7. The quantitative estimate of drug-likeness (QED) is 0.422. The van der Waals surface area contributed by atoms with Crippen LogP contribution in [0.2, 0.25) is 0 Å². The number of ether oxygens (including phenoxy) is 1. The highest BCUT2D eigenvalue weighted by atomic mass is 32.2. The fraction of sp³-hybridized carbons (Fsp3) is 0.100. The lowest BCUT2D eigenvalue weighted by atomic mass is 10.0. The first kappa shape index (κ1) is 21.3. The molecule has 164 valence electrons. The Kier molecular flexibility index (Phi) is 5.32. The van der Waals surface area contributed by atoms with Crippen LogP contribution in [0.15, 0.2) is 49.1 Å². The molecule has 4 aromatic rings. The Morgan fingerprint density at radius 1 is 1.12 bits per heavy atom. The topological polar surface area (TPSA) is 144 Å². The second-order valence-corrected chi connectivity index (χ2v) is 8.34. The summed E-state index contributed by atoms with van der Waals surface area (Å²) in [6.45, 7) is 0. The highest BCUT2D eigenvalue weighted by molar-refractivity contribution is 7.90. The van der Waals surface area contributed by atoms with Crippen LogP contribution in [0.1, 0.15) is 15.9 Å². The first-order valence-corrected chi connectivity index (χ1v) is 10.6. The lowest BCUT2D eigenvalue weighted by Gasteiger charge is -2.17. The number of ketones is 1. The van der Waals surface area contributed by atoms with Gasteiger partial charge in [0.2, 0.25) is 0 Å². The molecule has 3 heterocycles. The van der Waals surface area contributed by atoms with Gasteiger partial charge in [0.05, 0.1) is 18.4 Å². The molecule has 0 radical (unpaired) electrons. The minimum Gasteiger partial charge on any atom is -0.467 e. The summed E-state index contributed by atoms with van der Waals surface area (Å²) in [6.07, 6.45) is 6.11. The van der Waals surface area contributed by atoms with Crippen LogP contribution >= 0.6 is 0 Å². The number of halogens is 1. The van der Waals surface area contributed by atoms with Crippen LogP contribution < -0.4 is 14.2 Å². The highest BCUT2D eigenvalue weighted by Gasteiger charge is 2.24. The molecule has 0 aliphatic heterocycles. The first-order chi connectivity index (χ1) is 15.2. The molecule has 0 aliphatic rings. The van der Waals surface area contributed by atoms with Crippen molar-refractivity contribution in [1.82, 2.24) is 19.9 Å². The van der Waals surface area contributed by atoms with Crippen LogP contribution in [-0.4, -0.2) is 48.3 Å². The average Bonchev–Trinajstić information content (AvgIpc) is 3.21. The van der Waals surface area contributed by atoms with Crippen molar-refractivity contribution >= 4 is 32.7 Å². The van der Waals surface area contributed by atoms with Crippen molar-refractivity contribution in [3.8, 4) is 17.1 Å². The molecule has 0 amide bonds. The number of nitrogens with one attached hydrogen (secondary N) is 1. The Balaban J connectivity index is 1.78. The number of carbonyl (C=O) groups is 1. The number of carbonyl (C=O) groups excluding carboxylic acids is 1. The number of aromatic nitrogens is 4. The highest BCUT2D eigenvalue weighted by Crippen LogP contribution is 2.29. The number of nitrogens with two attached hydrogens (primary N) is 1. The fourth-order valence-electron chi connectivity index (χ4n) is 3.14. The number of pyridine rings is 1. The van der Waals surface area contributed by atoms with Crippen molar-refractivity contribution in [2.75, 3.05) is 18.5 Å². The van der Waals surface area contributed by atoms with Gasteiger partial charge in [-0.1, -0.05) is 6.07 Å². The molecule has 0 atom stereocenters. The van der Waals surface area contributed by atoms with E-state index < -0.39 is 21.8 Å². The van der Waals surface area contributed by atoms with E-state index in [0.29, 0.717) is 26.5 Å². The molecule has 12 heteroatoms. The van der Waals surface area contributed by atoms with Gasteiger partial charge in [0.1, 0.15) is 5.65 Å². The fourth-order valence-corrected chi connectivity index (χ4v) is 3.56. The molecule has 0 saturated heterocycles. The van der Waals surface area contributed by atoms with Gasteiger partial charge in [-0.3, -0.25) is 9.10 Å². The molecule has 3 N–H and O–H groups in total. The minimum atomic E-state index is -4.21. The predicted molar refractivity (Wildman–Crippen MR) is 115 cm³/mol. The molecule has 32 heavy (non-hydrogen) atoms. The van der Waals surface area contributed by atoms with Crippen LogP contribution in [0.5, 0.6) is 6.01 Å². The third-order valence-electron chi connectivity index (χ3n) is 4.86. The molecular weight excluding hydrogens is 439 g/mol. The van der Waals surface area contributed by atoms with Crippen molar-refractivity contribution < 1.29 is 22.3 Å². The minimum absolute atomic E-state index is 0.165. The van der Waals surface area contributed by atoms with E-state index in [1.807, 2.05) is 0 Å². The monoisotopic (exact) mass is 456 g/mol. The number of benzene rings is 1. The molecular formula is C20H17FN6O4S. The van der Waals surface area contributed by atoms with Crippen LogP contribution in [0.3, 0.4) is 0 Å². The van der Waals surface area contributed by atoms with E-state index in [1.54, 1.807) is 24.7 Å². The average molecular weight is 456 g/mol. The molecule has 0 aliphatic carbocycles. The summed E-state index contributed by atoms with van der Waals surface area (Å²) in [5, 5.41) is 5.53.